The second-order valence-corrected chi connectivity index (χ2v) is 4.68. The molecule has 4 heteroatoms. The maximum atomic E-state index is 4.30. The van der Waals surface area contributed by atoms with Gasteiger partial charge in [0, 0.05) is 44.1 Å². The van der Waals surface area contributed by atoms with Gasteiger partial charge in [-0.05, 0) is 26.8 Å². The van der Waals surface area contributed by atoms with E-state index in [1.54, 1.807) is 0 Å². The summed E-state index contributed by atoms with van der Waals surface area (Å²) in [5.74, 6) is 0.859. The Hall–Kier alpha value is -1.16. The van der Waals surface area contributed by atoms with E-state index >= 15 is 0 Å². The predicted molar refractivity (Wildman–Crippen MR) is 65.5 cm³/mol. The molecule has 2 heterocycles. The van der Waals surface area contributed by atoms with Crippen LogP contribution in [0.5, 0.6) is 0 Å². The zero-order valence-corrected chi connectivity index (χ0v) is 10.3. The number of rotatable bonds is 2. The van der Waals surface area contributed by atoms with Gasteiger partial charge in [0.15, 0.2) is 0 Å². The van der Waals surface area contributed by atoms with E-state index in [1.807, 2.05) is 18.5 Å². The lowest BCUT2D eigenvalue weighted by atomic mass is 10.1. The number of piperazine rings is 1. The maximum absolute atomic E-state index is 4.30. The van der Waals surface area contributed by atoms with Gasteiger partial charge in [0.25, 0.3) is 0 Å². The first-order valence-electron chi connectivity index (χ1n) is 5.96. The lowest BCUT2D eigenvalue weighted by Gasteiger charge is -2.41. The van der Waals surface area contributed by atoms with E-state index in [1.165, 1.54) is 0 Å². The Morgan fingerprint density at radius 2 is 1.94 bits per heavy atom. The van der Waals surface area contributed by atoms with Crippen LogP contribution in [0.25, 0.3) is 0 Å². The van der Waals surface area contributed by atoms with Gasteiger partial charge in [-0.1, -0.05) is 0 Å². The van der Waals surface area contributed by atoms with Crippen molar-refractivity contribution in [2.24, 2.45) is 0 Å². The Kier molecular flexibility index (Phi) is 3.39. The van der Waals surface area contributed by atoms with Crippen LogP contribution in [-0.4, -0.2) is 46.6 Å². The monoisotopic (exact) mass is 220 g/mol. The predicted octanol–water partition coefficient (Wildman–Crippen LogP) is 1.40. The molecule has 1 fully saturated rings. The summed E-state index contributed by atoms with van der Waals surface area (Å²) in [4.78, 5) is 13.4. The zero-order chi connectivity index (χ0) is 11.5. The van der Waals surface area contributed by atoms with Gasteiger partial charge in [-0.2, -0.15) is 0 Å². The number of nitrogens with zero attached hydrogens (tertiary/aromatic N) is 4. The van der Waals surface area contributed by atoms with E-state index in [9.17, 15) is 0 Å². The Bertz CT molecular complexity index is 325. The van der Waals surface area contributed by atoms with Gasteiger partial charge >= 0.3 is 0 Å². The van der Waals surface area contributed by atoms with Crippen LogP contribution in [0.3, 0.4) is 0 Å². The van der Waals surface area contributed by atoms with Crippen LogP contribution < -0.4 is 4.90 Å². The van der Waals surface area contributed by atoms with Gasteiger partial charge < -0.3 is 4.90 Å². The van der Waals surface area contributed by atoms with E-state index in [4.69, 9.17) is 0 Å². The molecule has 16 heavy (non-hydrogen) atoms. The summed E-state index contributed by atoms with van der Waals surface area (Å²) in [6, 6.07) is 3.04. The standard InChI is InChI=1S/C12H20N4/c1-10(2)16-8-7-15(9-11(16)3)12-13-5-4-6-14-12/h4-6,10-11H,7-9H2,1-3H3/t11-/m1/s1. The maximum Gasteiger partial charge on any atom is 0.225 e. The lowest BCUT2D eigenvalue weighted by Crippen LogP contribution is -2.54. The third-order valence-electron chi connectivity index (χ3n) is 3.18. The van der Waals surface area contributed by atoms with Crippen LogP contribution >= 0.6 is 0 Å². The fourth-order valence-corrected chi connectivity index (χ4v) is 2.38. The molecule has 88 valence electrons. The summed E-state index contributed by atoms with van der Waals surface area (Å²) in [6.45, 7) is 9.91. The Labute approximate surface area is 97.3 Å². The van der Waals surface area contributed by atoms with Crippen LogP contribution in [0.15, 0.2) is 18.5 Å². The highest BCUT2D eigenvalue weighted by atomic mass is 15.3. The first-order chi connectivity index (χ1) is 7.68. The van der Waals surface area contributed by atoms with Crippen LogP contribution in [0, 0.1) is 0 Å². The van der Waals surface area contributed by atoms with Gasteiger partial charge in [-0.15, -0.1) is 0 Å². The minimum absolute atomic E-state index is 0.567. The molecule has 1 aromatic rings. The Balaban J connectivity index is 2.03. The summed E-state index contributed by atoms with van der Waals surface area (Å²) in [7, 11) is 0. The molecular weight excluding hydrogens is 200 g/mol. The summed E-state index contributed by atoms with van der Waals surface area (Å²) in [5.41, 5.74) is 0. The average molecular weight is 220 g/mol. The van der Waals surface area contributed by atoms with E-state index < -0.39 is 0 Å². The number of anilines is 1. The zero-order valence-electron chi connectivity index (χ0n) is 10.3. The molecule has 0 N–H and O–H groups in total. The topological polar surface area (TPSA) is 32.3 Å². The largest absolute Gasteiger partial charge is 0.338 e. The minimum atomic E-state index is 0.567. The number of hydrogen-bond acceptors (Lipinski definition) is 4. The average Bonchev–Trinajstić information content (AvgIpc) is 2.29. The molecule has 0 aromatic carbocycles. The van der Waals surface area contributed by atoms with Crippen molar-refractivity contribution >= 4 is 5.95 Å². The first-order valence-corrected chi connectivity index (χ1v) is 5.96. The van der Waals surface area contributed by atoms with Crippen molar-refractivity contribution in [3.63, 3.8) is 0 Å². The minimum Gasteiger partial charge on any atom is -0.338 e. The smallest absolute Gasteiger partial charge is 0.225 e. The van der Waals surface area contributed by atoms with Gasteiger partial charge in [0.05, 0.1) is 0 Å². The molecule has 1 aliphatic rings. The molecule has 0 bridgehead atoms. The molecule has 4 nitrogen and oxygen atoms in total. The molecule has 2 rings (SSSR count). The molecule has 0 saturated carbocycles. The fraction of sp³-hybridized carbons (Fsp3) is 0.667. The fourth-order valence-electron chi connectivity index (χ4n) is 2.38. The molecule has 1 saturated heterocycles. The molecule has 0 amide bonds. The van der Waals surface area contributed by atoms with Crippen molar-refractivity contribution < 1.29 is 0 Å². The molecule has 1 atom stereocenters. The Morgan fingerprint density at radius 3 is 2.50 bits per heavy atom. The van der Waals surface area contributed by atoms with E-state index in [-0.39, 0.29) is 0 Å². The van der Waals surface area contributed by atoms with E-state index in [2.05, 4.69) is 40.5 Å². The molecule has 0 spiro atoms. The molecule has 0 aliphatic carbocycles. The van der Waals surface area contributed by atoms with Crippen LogP contribution in [0.1, 0.15) is 20.8 Å². The highest BCUT2D eigenvalue weighted by molar-refractivity contribution is 5.29. The number of hydrogen-bond donors (Lipinski definition) is 0. The summed E-state index contributed by atoms with van der Waals surface area (Å²) in [5, 5.41) is 0. The van der Waals surface area contributed by atoms with Gasteiger partial charge in [0.2, 0.25) is 5.95 Å². The SMILES string of the molecule is CC(C)N1CCN(c2ncccn2)C[C@H]1C. The molecule has 0 radical (unpaired) electrons. The summed E-state index contributed by atoms with van der Waals surface area (Å²) >= 11 is 0. The van der Waals surface area contributed by atoms with Crippen LogP contribution in [0.4, 0.5) is 5.95 Å². The molecule has 0 unspecified atom stereocenters. The molecule has 1 aromatic heterocycles. The second-order valence-electron chi connectivity index (χ2n) is 4.68. The third-order valence-corrected chi connectivity index (χ3v) is 3.18. The van der Waals surface area contributed by atoms with Crippen molar-refractivity contribution in [1.29, 1.82) is 0 Å². The highest BCUT2D eigenvalue weighted by Gasteiger charge is 2.26. The van der Waals surface area contributed by atoms with Gasteiger partial charge in [-0.3, -0.25) is 4.90 Å². The van der Waals surface area contributed by atoms with Crippen molar-refractivity contribution in [2.75, 3.05) is 24.5 Å². The van der Waals surface area contributed by atoms with Crippen molar-refractivity contribution in [1.82, 2.24) is 14.9 Å². The molecular formula is C12H20N4. The van der Waals surface area contributed by atoms with Crippen molar-refractivity contribution in [3.8, 4) is 0 Å². The van der Waals surface area contributed by atoms with Gasteiger partial charge in [0.1, 0.15) is 0 Å². The summed E-state index contributed by atoms with van der Waals surface area (Å²) in [6.07, 6.45) is 3.61. The second kappa shape index (κ2) is 4.78. The van der Waals surface area contributed by atoms with Crippen molar-refractivity contribution in [3.05, 3.63) is 18.5 Å². The van der Waals surface area contributed by atoms with E-state index in [0.717, 1.165) is 25.6 Å². The normalized spacial score (nSPS) is 22.8. The first kappa shape index (κ1) is 11.3. The van der Waals surface area contributed by atoms with Crippen molar-refractivity contribution in [2.45, 2.75) is 32.9 Å². The third kappa shape index (κ3) is 2.32. The van der Waals surface area contributed by atoms with Crippen LogP contribution in [-0.2, 0) is 0 Å². The number of aromatic nitrogens is 2. The van der Waals surface area contributed by atoms with E-state index in [0.29, 0.717) is 12.1 Å². The summed E-state index contributed by atoms with van der Waals surface area (Å²) < 4.78 is 0. The van der Waals surface area contributed by atoms with Crippen LogP contribution in [0.2, 0.25) is 0 Å². The Morgan fingerprint density at radius 1 is 1.25 bits per heavy atom. The lowest BCUT2D eigenvalue weighted by molar-refractivity contribution is 0.147. The van der Waals surface area contributed by atoms with Gasteiger partial charge in [-0.25, -0.2) is 9.97 Å². The highest BCUT2D eigenvalue weighted by Crippen LogP contribution is 2.16. The quantitative estimate of drug-likeness (QED) is 0.754. The molecule has 1 aliphatic heterocycles.